The second kappa shape index (κ2) is 10.1. The van der Waals surface area contributed by atoms with Gasteiger partial charge in [0.15, 0.2) is 5.82 Å². The van der Waals surface area contributed by atoms with E-state index in [9.17, 15) is 18.4 Å². The number of likely N-dealkylation sites (N-methyl/N-ethyl adjacent to an activating group) is 2. The fraction of sp³-hybridized carbons (Fsp3) is 0.303. The van der Waals surface area contributed by atoms with Gasteiger partial charge in [-0.25, -0.2) is 18.7 Å². The van der Waals surface area contributed by atoms with E-state index in [4.69, 9.17) is 0 Å². The zero-order valence-electron chi connectivity index (χ0n) is 25.0. The minimum absolute atomic E-state index is 0.116. The van der Waals surface area contributed by atoms with Crippen molar-refractivity contribution in [2.75, 3.05) is 23.9 Å². The van der Waals surface area contributed by atoms with Gasteiger partial charge in [0.2, 0.25) is 11.8 Å². The molecule has 0 N–H and O–H groups in total. The molecule has 4 aromatic rings. The lowest BCUT2D eigenvalue weighted by Gasteiger charge is -2.17. The predicted octanol–water partition coefficient (Wildman–Crippen LogP) is 6.30. The van der Waals surface area contributed by atoms with Crippen LogP contribution in [0.5, 0.6) is 0 Å². The van der Waals surface area contributed by atoms with Crippen LogP contribution in [0.15, 0.2) is 55.2 Å². The zero-order chi connectivity index (χ0) is 30.7. The number of benzene rings is 2. The van der Waals surface area contributed by atoms with Gasteiger partial charge in [-0.05, 0) is 93.6 Å². The normalized spacial score (nSPS) is 16.2. The molecule has 2 aromatic heterocycles. The van der Waals surface area contributed by atoms with Crippen LogP contribution in [0, 0.1) is 25.5 Å². The minimum Gasteiger partial charge on any atom is -0.314 e. The summed E-state index contributed by atoms with van der Waals surface area (Å²) in [6, 6.07) is 9.61. The predicted molar refractivity (Wildman–Crippen MR) is 159 cm³/mol. The van der Waals surface area contributed by atoms with Crippen molar-refractivity contribution < 1.29 is 18.4 Å². The summed E-state index contributed by atoms with van der Waals surface area (Å²) in [6.45, 7) is 11.4. The van der Waals surface area contributed by atoms with E-state index in [0.717, 1.165) is 28.1 Å². The van der Waals surface area contributed by atoms with Gasteiger partial charge >= 0.3 is 0 Å². The van der Waals surface area contributed by atoms with Crippen molar-refractivity contribution >= 4 is 23.2 Å². The molecule has 0 unspecified atom stereocenters. The molecule has 9 heteroatoms. The van der Waals surface area contributed by atoms with Crippen LogP contribution in [-0.2, 0) is 20.4 Å². The van der Waals surface area contributed by atoms with E-state index in [2.05, 4.69) is 40.1 Å². The highest BCUT2D eigenvalue weighted by atomic mass is 19.1. The Morgan fingerprint density at radius 2 is 1.40 bits per heavy atom. The van der Waals surface area contributed by atoms with Crippen molar-refractivity contribution in [1.29, 1.82) is 0 Å². The number of anilines is 2. The molecule has 0 saturated heterocycles. The summed E-state index contributed by atoms with van der Waals surface area (Å²) >= 11 is 0. The van der Waals surface area contributed by atoms with E-state index < -0.39 is 22.5 Å². The van der Waals surface area contributed by atoms with Crippen LogP contribution >= 0.6 is 0 Å². The van der Waals surface area contributed by atoms with Gasteiger partial charge in [0.25, 0.3) is 0 Å². The van der Waals surface area contributed by atoms with Crippen LogP contribution in [0.25, 0.3) is 22.3 Å². The summed E-state index contributed by atoms with van der Waals surface area (Å²) in [4.78, 5) is 39.4. The number of aromatic nitrogens is 3. The topological polar surface area (TPSA) is 79.3 Å². The largest absolute Gasteiger partial charge is 0.314 e. The number of rotatable bonds is 2. The lowest BCUT2D eigenvalue weighted by atomic mass is 9.84. The third kappa shape index (κ3) is 4.44. The molecule has 0 bridgehead atoms. The average molecular weight is 570 g/mol. The van der Waals surface area contributed by atoms with Crippen LogP contribution < -0.4 is 9.80 Å². The number of hydrogen-bond acceptors (Lipinski definition) is 5. The average Bonchev–Trinajstić information content (AvgIpc) is 3.22. The summed E-state index contributed by atoms with van der Waals surface area (Å²) in [7, 11) is 3.34. The molecule has 2 aliphatic heterocycles. The Kier molecular flexibility index (Phi) is 6.95. The molecule has 0 fully saturated rings. The number of amides is 2. The van der Waals surface area contributed by atoms with Crippen molar-refractivity contribution in [2.45, 2.75) is 52.4 Å². The quantitative estimate of drug-likeness (QED) is 0.283. The lowest BCUT2D eigenvalue weighted by molar-refractivity contribution is -0.122. The Hall–Kier alpha value is -4.53. The van der Waals surface area contributed by atoms with E-state index >= 15 is 0 Å². The highest BCUT2D eigenvalue weighted by molar-refractivity contribution is 6.08. The summed E-state index contributed by atoms with van der Waals surface area (Å²) in [5, 5.41) is 0. The zero-order valence-corrected chi connectivity index (χ0v) is 25.0. The van der Waals surface area contributed by atoms with E-state index in [1.807, 2.05) is 40.1 Å². The van der Waals surface area contributed by atoms with E-state index in [0.29, 0.717) is 5.56 Å². The van der Waals surface area contributed by atoms with Crippen LogP contribution in [0.2, 0.25) is 0 Å². The molecule has 0 spiro atoms. The van der Waals surface area contributed by atoms with E-state index in [1.165, 1.54) is 42.3 Å². The van der Waals surface area contributed by atoms with Gasteiger partial charge in [0, 0.05) is 49.6 Å². The number of carbonyl (C=O) groups excluding carboxylic acids is 2. The first kappa shape index (κ1) is 29.0. The summed E-state index contributed by atoms with van der Waals surface area (Å²) in [5.74, 6) is -1.60. The molecular weight excluding hydrogens is 536 g/mol. The van der Waals surface area contributed by atoms with Gasteiger partial charge in [0.1, 0.15) is 12.1 Å². The van der Waals surface area contributed by atoms with Gasteiger partial charge in [-0.3, -0.25) is 14.6 Å². The van der Waals surface area contributed by atoms with Crippen LogP contribution in [0.3, 0.4) is 0 Å². The number of carbonyl (C=O) groups is 2. The maximum atomic E-state index is 14.8. The monoisotopic (exact) mass is 569 g/mol. The summed E-state index contributed by atoms with van der Waals surface area (Å²) in [5.41, 5.74) is 5.72. The highest BCUT2D eigenvalue weighted by Crippen LogP contribution is 2.46. The third-order valence-electron chi connectivity index (χ3n) is 8.31. The Labute approximate surface area is 244 Å². The highest BCUT2D eigenvalue weighted by Gasteiger charge is 2.45. The summed E-state index contributed by atoms with van der Waals surface area (Å²) < 4.78 is 29.2. The molecule has 0 saturated carbocycles. The standard InChI is InChI=1S/C18H20N2O.C15H13F2N3O/c1-11-8-15-16(20(5)17(21)18(15,3)4)10-14(11)13-6-7-19-12(2)9-13;1-15(2)9-4-10(16)11(8-5-18-7-19-6-8)12(17)13(9)20(3)14(15)21/h6-10H,1-5H3;4-7H,1-3H3. The molecule has 2 aliphatic rings. The lowest BCUT2D eigenvalue weighted by Crippen LogP contribution is -2.33. The van der Waals surface area contributed by atoms with Crippen LogP contribution in [0.1, 0.15) is 50.1 Å². The Balaban J connectivity index is 0.000000168. The fourth-order valence-corrected chi connectivity index (χ4v) is 5.88. The Bertz CT molecular complexity index is 1750. The third-order valence-corrected chi connectivity index (χ3v) is 8.31. The number of halogens is 2. The smallest absolute Gasteiger partial charge is 0.236 e. The van der Waals surface area contributed by atoms with Crippen molar-refractivity contribution in [3.8, 4) is 22.3 Å². The molecule has 0 aliphatic carbocycles. The van der Waals surface area contributed by atoms with Gasteiger partial charge in [-0.2, -0.15) is 0 Å². The maximum absolute atomic E-state index is 14.8. The van der Waals surface area contributed by atoms with Crippen molar-refractivity contribution in [3.63, 3.8) is 0 Å². The number of aryl methyl sites for hydroxylation is 2. The first-order valence-electron chi connectivity index (χ1n) is 13.6. The first-order chi connectivity index (χ1) is 19.7. The molecule has 2 amide bonds. The first-order valence-corrected chi connectivity index (χ1v) is 13.6. The number of nitrogens with zero attached hydrogens (tertiary/aromatic N) is 5. The van der Waals surface area contributed by atoms with Gasteiger partial charge < -0.3 is 9.80 Å². The molecular formula is C33H33F2N5O2. The Morgan fingerprint density at radius 1 is 0.786 bits per heavy atom. The second-order valence-electron chi connectivity index (χ2n) is 11.9. The van der Waals surface area contributed by atoms with Crippen molar-refractivity contribution in [2.24, 2.45) is 0 Å². The van der Waals surface area contributed by atoms with Gasteiger partial charge in [0.05, 0.1) is 22.1 Å². The van der Waals surface area contributed by atoms with E-state index in [-0.39, 0.29) is 28.6 Å². The fourth-order valence-electron chi connectivity index (χ4n) is 5.88. The number of hydrogen-bond donors (Lipinski definition) is 0. The molecule has 6 rings (SSSR count). The Morgan fingerprint density at radius 3 is 2.05 bits per heavy atom. The molecule has 2 aromatic carbocycles. The van der Waals surface area contributed by atoms with E-state index in [1.54, 1.807) is 18.7 Å². The summed E-state index contributed by atoms with van der Waals surface area (Å²) in [6.07, 6.45) is 5.78. The number of pyridine rings is 1. The second-order valence-corrected chi connectivity index (χ2v) is 11.9. The molecule has 216 valence electrons. The molecule has 42 heavy (non-hydrogen) atoms. The SMILES string of the molecule is CN1C(=O)C(C)(C)c2cc(F)c(-c3cncnc3)c(F)c21.Cc1cc(-c2cc3c(cc2C)C(C)(C)C(=O)N3C)ccn1. The molecule has 4 heterocycles. The van der Waals surface area contributed by atoms with Gasteiger partial charge in [-0.15, -0.1) is 0 Å². The minimum atomic E-state index is -0.947. The molecule has 7 nitrogen and oxygen atoms in total. The van der Waals surface area contributed by atoms with Crippen LogP contribution in [0.4, 0.5) is 20.2 Å². The maximum Gasteiger partial charge on any atom is 0.236 e. The molecule has 0 radical (unpaired) electrons. The van der Waals surface area contributed by atoms with Gasteiger partial charge in [-0.1, -0.05) is 6.07 Å². The van der Waals surface area contributed by atoms with Crippen molar-refractivity contribution in [3.05, 3.63) is 89.3 Å². The van der Waals surface area contributed by atoms with Crippen LogP contribution in [-0.4, -0.2) is 40.9 Å². The van der Waals surface area contributed by atoms with Crippen molar-refractivity contribution in [1.82, 2.24) is 15.0 Å². The number of fused-ring (bicyclic) bond motifs is 2. The molecule has 0 atom stereocenters.